The van der Waals surface area contributed by atoms with Gasteiger partial charge in [0.2, 0.25) is 5.91 Å². The lowest BCUT2D eigenvalue weighted by atomic mass is 10.0. The number of carbonyl (C=O) groups excluding carboxylic acids is 2. The van der Waals surface area contributed by atoms with Crippen molar-refractivity contribution in [3.63, 3.8) is 0 Å². The molecule has 2 atom stereocenters. The normalized spacial score (nSPS) is 12.8. The zero-order chi connectivity index (χ0) is 38.2. The van der Waals surface area contributed by atoms with Crippen molar-refractivity contribution in [2.45, 2.75) is 238 Å². The number of carboxylic acid groups (broad SMARTS) is 1. The molecule has 0 heterocycles. The summed E-state index contributed by atoms with van der Waals surface area (Å²) in [6.07, 6.45) is 45.0. The van der Waals surface area contributed by atoms with Crippen LogP contribution in [0.15, 0.2) is 24.3 Å². The molecule has 0 aromatic carbocycles. The number of nitrogens with two attached hydrogens (primary N) is 1. The van der Waals surface area contributed by atoms with Gasteiger partial charge in [0, 0.05) is 12.8 Å². The Labute approximate surface area is 321 Å². The van der Waals surface area contributed by atoms with Crippen LogP contribution in [0, 0.1) is 0 Å². The molecule has 0 saturated carbocycles. The SMILES string of the molecule is CCCCCCC/C=C\C/C=C\CCCC(CCCCCCCC(=O)NC(CCCN)C(=O)O)OC(=O)CCCCCCCCCCCCCCC. The third-order valence-corrected chi connectivity index (χ3v) is 10.0. The Kier molecular flexibility index (Phi) is 38.4. The molecular weight excluding hydrogens is 649 g/mol. The Balaban J connectivity index is 4.38. The van der Waals surface area contributed by atoms with Crippen LogP contribution >= 0.6 is 0 Å². The van der Waals surface area contributed by atoms with Gasteiger partial charge in [-0.1, -0.05) is 160 Å². The number of aliphatic carboxylic acids is 1. The van der Waals surface area contributed by atoms with Gasteiger partial charge < -0.3 is 20.9 Å². The molecule has 0 rings (SSSR count). The van der Waals surface area contributed by atoms with Gasteiger partial charge in [0.05, 0.1) is 0 Å². The summed E-state index contributed by atoms with van der Waals surface area (Å²) in [5.41, 5.74) is 5.48. The number of unbranched alkanes of at least 4 members (excludes halogenated alkanes) is 22. The van der Waals surface area contributed by atoms with E-state index < -0.39 is 12.0 Å². The predicted octanol–water partition coefficient (Wildman–Crippen LogP) is 12.5. The molecule has 0 aliphatic carbocycles. The van der Waals surface area contributed by atoms with Crippen molar-refractivity contribution < 1.29 is 24.2 Å². The van der Waals surface area contributed by atoms with E-state index in [9.17, 15) is 19.5 Å². The summed E-state index contributed by atoms with van der Waals surface area (Å²) >= 11 is 0. The van der Waals surface area contributed by atoms with E-state index in [1.165, 1.54) is 109 Å². The third-order valence-electron chi connectivity index (χ3n) is 10.0. The Morgan fingerprint density at radius 1 is 0.558 bits per heavy atom. The first kappa shape index (κ1) is 49.9. The molecule has 7 nitrogen and oxygen atoms in total. The first-order valence-electron chi connectivity index (χ1n) is 22.2. The fourth-order valence-electron chi connectivity index (χ4n) is 6.66. The van der Waals surface area contributed by atoms with E-state index in [1.807, 2.05) is 0 Å². The van der Waals surface area contributed by atoms with Crippen LogP contribution in [0.1, 0.15) is 226 Å². The van der Waals surface area contributed by atoms with Crippen molar-refractivity contribution in [2.24, 2.45) is 5.73 Å². The summed E-state index contributed by atoms with van der Waals surface area (Å²) in [5.74, 6) is -1.25. The molecule has 0 fully saturated rings. The number of rotatable bonds is 40. The number of nitrogens with one attached hydrogen (secondary N) is 1. The molecule has 7 heteroatoms. The largest absolute Gasteiger partial charge is 0.480 e. The van der Waals surface area contributed by atoms with Crippen molar-refractivity contribution in [1.82, 2.24) is 5.32 Å². The van der Waals surface area contributed by atoms with Crippen molar-refractivity contribution in [2.75, 3.05) is 6.54 Å². The summed E-state index contributed by atoms with van der Waals surface area (Å²) < 4.78 is 6.03. The van der Waals surface area contributed by atoms with Gasteiger partial charge in [-0.15, -0.1) is 0 Å². The quantitative estimate of drug-likeness (QED) is 0.0328. The number of carboxylic acids is 1. The van der Waals surface area contributed by atoms with E-state index in [4.69, 9.17) is 10.5 Å². The molecule has 4 N–H and O–H groups in total. The zero-order valence-corrected chi connectivity index (χ0v) is 34.2. The van der Waals surface area contributed by atoms with Crippen LogP contribution < -0.4 is 11.1 Å². The van der Waals surface area contributed by atoms with Crippen LogP contribution in [-0.2, 0) is 19.1 Å². The number of hydrogen-bond acceptors (Lipinski definition) is 5. The second-order valence-corrected chi connectivity index (χ2v) is 15.1. The molecule has 0 bridgehead atoms. The maximum absolute atomic E-state index is 12.8. The minimum absolute atomic E-state index is 0.0253. The second-order valence-electron chi connectivity index (χ2n) is 15.1. The zero-order valence-electron chi connectivity index (χ0n) is 34.2. The van der Waals surface area contributed by atoms with Crippen LogP contribution in [0.3, 0.4) is 0 Å². The Morgan fingerprint density at radius 3 is 1.56 bits per heavy atom. The van der Waals surface area contributed by atoms with Gasteiger partial charge in [0.15, 0.2) is 0 Å². The van der Waals surface area contributed by atoms with E-state index in [1.54, 1.807) is 0 Å². The maximum atomic E-state index is 12.8. The highest BCUT2D eigenvalue weighted by Crippen LogP contribution is 2.18. The second kappa shape index (κ2) is 40.0. The summed E-state index contributed by atoms with van der Waals surface area (Å²) in [4.78, 5) is 36.4. The van der Waals surface area contributed by atoms with Crippen molar-refractivity contribution >= 4 is 17.8 Å². The van der Waals surface area contributed by atoms with Gasteiger partial charge in [-0.2, -0.15) is 0 Å². The minimum Gasteiger partial charge on any atom is -0.480 e. The molecule has 0 aliphatic heterocycles. The third kappa shape index (κ3) is 36.2. The number of carbonyl (C=O) groups is 3. The average molecular weight is 733 g/mol. The van der Waals surface area contributed by atoms with Crippen molar-refractivity contribution in [3.8, 4) is 0 Å². The standard InChI is InChI=1S/C45H84N2O5/c1-3-5-7-9-11-13-15-17-19-21-23-26-30-35-41(36-31-27-25-28-32-38-43(48)47-42(45(50)51)37-34-40-46)52-44(49)39-33-29-24-22-20-18-16-14-12-10-8-6-4-2/h15,17,21,23,41-42H,3-14,16,18-20,22,24-40,46H2,1-2H3,(H,47,48)(H,50,51)/b17-15-,23-21-. The highest BCUT2D eigenvalue weighted by Gasteiger charge is 2.19. The smallest absolute Gasteiger partial charge is 0.326 e. The van der Waals surface area contributed by atoms with E-state index in [0.29, 0.717) is 32.2 Å². The lowest BCUT2D eigenvalue weighted by Crippen LogP contribution is -2.40. The van der Waals surface area contributed by atoms with Crippen LogP contribution in [0.4, 0.5) is 0 Å². The molecular formula is C45H84N2O5. The van der Waals surface area contributed by atoms with Gasteiger partial charge in [-0.3, -0.25) is 9.59 Å². The first-order valence-corrected chi connectivity index (χ1v) is 22.2. The van der Waals surface area contributed by atoms with E-state index >= 15 is 0 Å². The molecule has 0 aliphatic rings. The molecule has 0 aromatic heterocycles. The van der Waals surface area contributed by atoms with E-state index in [2.05, 4.69) is 43.5 Å². The average Bonchev–Trinajstić information content (AvgIpc) is 3.13. The molecule has 52 heavy (non-hydrogen) atoms. The molecule has 0 spiro atoms. The van der Waals surface area contributed by atoms with Crippen molar-refractivity contribution in [3.05, 3.63) is 24.3 Å². The van der Waals surface area contributed by atoms with Gasteiger partial charge in [0.1, 0.15) is 12.1 Å². The van der Waals surface area contributed by atoms with Crippen molar-refractivity contribution in [1.29, 1.82) is 0 Å². The van der Waals surface area contributed by atoms with Gasteiger partial charge in [-0.25, -0.2) is 4.79 Å². The molecule has 0 aromatic rings. The molecule has 0 saturated heterocycles. The highest BCUT2D eigenvalue weighted by molar-refractivity contribution is 5.83. The summed E-state index contributed by atoms with van der Waals surface area (Å²) in [7, 11) is 0. The Morgan fingerprint density at radius 2 is 1.02 bits per heavy atom. The van der Waals surface area contributed by atoms with E-state index in [0.717, 1.165) is 77.0 Å². The Bertz CT molecular complexity index is 874. The molecule has 304 valence electrons. The van der Waals surface area contributed by atoms with Gasteiger partial charge >= 0.3 is 11.9 Å². The van der Waals surface area contributed by atoms with Crippen LogP contribution in [0.2, 0.25) is 0 Å². The van der Waals surface area contributed by atoms with Gasteiger partial charge in [0.25, 0.3) is 0 Å². The fraction of sp³-hybridized carbons (Fsp3) is 0.844. The topological polar surface area (TPSA) is 119 Å². The molecule has 1 amide bonds. The minimum atomic E-state index is -1.01. The van der Waals surface area contributed by atoms with E-state index in [-0.39, 0.29) is 18.0 Å². The number of ether oxygens (including phenoxy) is 1. The number of allylic oxidation sites excluding steroid dienone is 4. The monoisotopic (exact) mass is 733 g/mol. The summed E-state index contributed by atoms with van der Waals surface area (Å²) in [6, 6.07) is -0.859. The highest BCUT2D eigenvalue weighted by atomic mass is 16.5. The lowest BCUT2D eigenvalue weighted by Gasteiger charge is -2.18. The lowest BCUT2D eigenvalue weighted by molar-refractivity contribution is -0.150. The fourth-order valence-corrected chi connectivity index (χ4v) is 6.66. The number of amides is 1. The first-order chi connectivity index (χ1) is 25.4. The number of esters is 1. The predicted molar refractivity (Wildman–Crippen MR) is 220 cm³/mol. The van der Waals surface area contributed by atoms with Crippen LogP contribution in [0.5, 0.6) is 0 Å². The van der Waals surface area contributed by atoms with Crippen LogP contribution in [0.25, 0.3) is 0 Å². The number of hydrogen-bond donors (Lipinski definition) is 3. The van der Waals surface area contributed by atoms with Gasteiger partial charge in [-0.05, 0) is 83.6 Å². The molecule has 0 radical (unpaired) electrons. The Hall–Kier alpha value is -2.15. The maximum Gasteiger partial charge on any atom is 0.326 e. The summed E-state index contributed by atoms with van der Waals surface area (Å²) in [5, 5.41) is 11.9. The summed E-state index contributed by atoms with van der Waals surface area (Å²) in [6.45, 7) is 4.94. The molecule has 2 unspecified atom stereocenters. The van der Waals surface area contributed by atoms with Crippen LogP contribution in [-0.4, -0.2) is 41.6 Å².